The number of anilines is 1. The van der Waals surface area contributed by atoms with Crippen molar-refractivity contribution in [2.75, 3.05) is 39.0 Å². The van der Waals surface area contributed by atoms with Crippen LogP contribution in [0.15, 0.2) is 24.5 Å². The van der Waals surface area contributed by atoms with Gasteiger partial charge in [-0.05, 0) is 64.1 Å². The van der Waals surface area contributed by atoms with Crippen molar-refractivity contribution < 1.29 is 17.9 Å². The van der Waals surface area contributed by atoms with Crippen molar-refractivity contribution in [2.45, 2.75) is 101 Å². The van der Waals surface area contributed by atoms with Crippen LogP contribution >= 0.6 is 0 Å². The standard InChI is InChI=1S/C12H13F3N4O.C11H20N2.3C2H6.CH4/c1-7(2)19-4-3-9(18-19)8-5-10(11(16)17-6-8)20-12(13,14)15;1-12-2-4-13(5-3-12)11-7-9-6-10(9)8-11;3*1-2;/h3-7H,1-2H3,(H2,16,17);9-11H,2-8H2,1H3;3*1-2H3;1H4/t;9-,10?,11?;;;;/m.1..../s1. The number of likely N-dealkylation sites (N-methyl/N-ethyl adjacent to an activating group) is 1. The van der Waals surface area contributed by atoms with Crippen LogP contribution < -0.4 is 10.5 Å². The topological polar surface area (TPSA) is 72.4 Å². The van der Waals surface area contributed by atoms with Crippen molar-refractivity contribution in [3.63, 3.8) is 0 Å². The van der Waals surface area contributed by atoms with E-state index in [1.807, 2.05) is 55.4 Å². The Labute approximate surface area is 241 Å². The number of ether oxygens (including phenoxy) is 1. The number of rotatable bonds is 4. The van der Waals surface area contributed by atoms with Crippen molar-refractivity contribution in [1.82, 2.24) is 24.6 Å². The quantitative estimate of drug-likeness (QED) is 0.404. The minimum atomic E-state index is -4.81. The Balaban J connectivity index is 0.000000657. The first kappa shape index (κ1) is 37.7. The van der Waals surface area contributed by atoms with Gasteiger partial charge in [0.05, 0.1) is 5.69 Å². The van der Waals surface area contributed by atoms with E-state index in [2.05, 4.69) is 31.7 Å². The van der Waals surface area contributed by atoms with Gasteiger partial charge in [-0.25, -0.2) is 4.98 Å². The van der Waals surface area contributed by atoms with E-state index in [9.17, 15) is 13.2 Å². The van der Waals surface area contributed by atoms with E-state index in [0.717, 1.165) is 17.9 Å². The molecular weight excluding hydrogens is 517 g/mol. The second kappa shape index (κ2) is 18.2. The smallest absolute Gasteiger partial charge is 0.402 e. The highest BCUT2D eigenvalue weighted by Crippen LogP contribution is 2.53. The largest absolute Gasteiger partial charge is 0.573 e. The Morgan fingerprint density at radius 1 is 0.950 bits per heavy atom. The third kappa shape index (κ3) is 11.6. The van der Waals surface area contributed by atoms with E-state index in [-0.39, 0.29) is 19.3 Å². The highest BCUT2D eigenvalue weighted by atomic mass is 19.4. The van der Waals surface area contributed by atoms with Gasteiger partial charge in [-0.1, -0.05) is 49.0 Å². The zero-order valence-corrected chi connectivity index (χ0v) is 25.4. The molecule has 0 spiro atoms. The average molecular weight is 573 g/mol. The van der Waals surface area contributed by atoms with E-state index in [1.54, 1.807) is 23.4 Å². The fourth-order valence-corrected chi connectivity index (χ4v) is 4.75. The van der Waals surface area contributed by atoms with Gasteiger partial charge in [0.15, 0.2) is 11.6 Å². The van der Waals surface area contributed by atoms with Crippen LogP contribution in [-0.4, -0.2) is 70.2 Å². The van der Waals surface area contributed by atoms with Crippen molar-refractivity contribution in [1.29, 1.82) is 0 Å². The number of nitrogens with two attached hydrogens (primary N) is 1. The number of nitrogen functional groups attached to an aromatic ring is 1. The highest BCUT2D eigenvalue weighted by molar-refractivity contribution is 5.63. The summed E-state index contributed by atoms with van der Waals surface area (Å²) < 4.78 is 42.2. The molecule has 2 aromatic rings. The lowest BCUT2D eigenvalue weighted by molar-refractivity contribution is -0.274. The molecule has 0 aromatic carbocycles. The molecule has 2 aromatic heterocycles. The van der Waals surface area contributed by atoms with Gasteiger partial charge in [0, 0.05) is 56.2 Å². The molecule has 3 heterocycles. The molecule has 2 unspecified atom stereocenters. The lowest BCUT2D eigenvalue weighted by atomic mass is 10.1. The first-order chi connectivity index (χ1) is 18.6. The number of fused-ring (bicyclic) bond motifs is 1. The molecule has 0 amide bonds. The number of hydrogen-bond acceptors (Lipinski definition) is 6. The number of halogens is 3. The zero-order chi connectivity index (χ0) is 29.8. The number of aromatic nitrogens is 3. The summed E-state index contributed by atoms with van der Waals surface area (Å²) in [5, 5.41) is 4.25. The Hall–Kier alpha value is -2.33. The molecule has 232 valence electrons. The van der Waals surface area contributed by atoms with Gasteiger partial charge < -0.3 is 15.4 Å². The summed E-state index contributed by atoms with van der Waals surface area (Å²) in [7, 11) is 2.24. The van der Waals surface area contributed by atoms with Crippen molar-refractivity contribution in [3.8, 4) is 17.0 Å². The number of alkyl halides is 3. The Morgan fingerprint density at radius 2 is 1.50 bits per heavy atom. The van der Waals surface area contributed by atoms with Crippen LogP contribution in [0.2, 0.25) is 0 Å². The van der Waals surface area contributed by atoms with E-state index in [0.29, 0.717) is 11.3 Å². The highest BCUT2D eigenvalue weighted by Gasteiger charge is 2.47. The zero-order valence-electron chi connectivity index (χ0n) is 25.4. The summed E-state index contributed by atoms with van der Waals surface area (Å²) in [5.74, 6) is 1.43. The molecule has 3 fully saturated rings. The predicted octanol–water partition coefficient (Wildman–Crippen LogP) is 7.75. The molecule has 0 radical (unpaired) electrons. The third-order valence-electron chi connectivity index (χ3n) is 6.81. The maximum absolute atomic E-state index is 12.2. The number of nitrogens with zero attached hydrogens (tertiary/aromatic N) is 5. The van der Waals surface area contributed by atoms with Gasteiger partial charge in [0.1, 0.15) is 0 Å². The number of pyridine rings is 1. The summed E-state index contributed by atoms with van der Waals surface area (Å²) in [6, 6.07) is 3.97. The number of piperazine rings is 1. The van der Waals surface area contributed by atoms with Crippen LogP contribution in [0, 0.1) is 11.8 Å². The SMILES string of the molecule is C.CC.CC.CC.CC(C)n1ccc(-c2cnc(N)c(OC(F)(F)F)c2)n1.CN1CCN(C2CC3C[C@@H]3C2)CC1. The Morgan fingerprint density at radius 3 is 1.98 bits per heavy atom. The van der Waals surface area contributed by atoms with Crippen molar-refractivity contribution >= 4 is 5.82 Å². The lowest BCUT2D eigenvalue weighted by Gasteiger charge is -2.37. The van der Waals surface area contributed by atoms with E-state index >= 15 is 0 Å². The molecule has 0 bridgehead atoms. The molecule has 3 aliphatic rings. The maximum Gasteiger partial charge on any atom is 0.573 e. The fourth-order valence-electron chi connectivity index (χ4n) is 4.75. The summed E-state index contributed by atoms with van der Waals surface area (Å²) in [6.45, 7) is 21.1. The average Bonchev–Trinajstić information content (AvgIpc) is 3.30. The molecule has 40 heavy (non-hydrogen) atoms. The normalized spacial score (nSPS) is 21.5. The van der Waals surface area contributed by atoms with Gasteiger partial charge in [-0.15, -0.1) is 13.2 Å². The maximum atomic E-state index is 12.2. The summed E-state index contributed by atoms with van der Waals surface area (Å²) in [6.07, 6.45) is 2.88. The van der Waals surface area contributed by atoms with Crippen LogP contribution in [0.3, 0.4) is 0 Å². The first-order valence-corrected chi connectivity index (χ1v) is 14.6. The van der Waals surface area contributed by atoms with Gasteiger partial charge >= 0.3 is 6.36 Å². The first-order valence-electron chi connectivity index (χ1n) is 14.6. The van der Waals surface area contributed by atoms with Crippen LogP contribution in [0.1, 0.15) is 88.1 Å². The van der Waals surface area contributed by atoms with Crippen molar-refractivity contribution in [2.24, 2.45) is 11.8 Å². The van der Waals surface area contributed by atoms with Gasteiger partial charge in [0.2, 0.25) is 0 Å². The summed E-state index contributed by atoms with van der Waals surface area (Å²) >= 11 is 0. The van der Waals surface area contributed by atoms with Crippen LogP contribution in [0.25, 0.3) is 11.3 Å². The van der Waals surface area contributed by atoms with Crippen molar-refractivity contribution in [3.05, 3.63) is 24.5 Å². The van der Waals surface area contributed by atoms with Crippen LogP contribution in [-0.2, 0) is 0 Å². The second-order valence-corrected chi connectivity index (χ2v) is 9.65. The van der Waals surface area contributed by atoms with E-state index < -0.39 is 12.1 Å². The molecule has 10 heteroatoms. The third-order valence-corrected chi connectivity index (χ3v) is 6.81. The molecule has 7 nitrogen and oxygen atoms in total. The van der Waals surface area contributed by atoms with E-state index in [4.69, 9.17) is 5.73 Å². The second-order valence-electron chi connectivity index (χ2n) is 9.65. The Kier molecular flexibility index (Phi) is 17.1. The van der Waals surface area contributed by atoms with Gasteiger partial charge in [-0.3, -0.25) is 9.58 Å². The molecule has 5 rings (SSSR count). The molecule has 1 aliphatic heterocycles. The van der Waals surface area contributed by atoms with Gasteiger partial charge in [-0.2, -0.15) is 5.10 Å². The minimum absolute atomic E-state index is 0. The monoisotopic (exact) mass is 572 g/mol. The molecule has 2 N–H and O–H groups in total. The molecule has 2 aliphatic carbocycles. The van der Waals surface area contributed by atoms with Crippen LogP contribution in [0.4, 0.5) is 19.0 Å². The van der Waals surface area contributed by atoms with E-state index in [1.165, 1.54) is 51.3 Å². The molecule has 1 saturated heterocycles. The summed E-state index contributed by atoms with van der Waals surface area (Å²) in [4.78, 5) is 8.89. The Bertz CT molecular complexity index is 932. The fraction of sp³-hybridized carbons (Fsp3) is 0.733. The lowest BCUT2D eigenvalue weighted by Crippen LogP contribution is -2.48. The van der Waals surface area contributed by atoms with Gasteiger partial charge in [0.25, 0.3) is 0 Å². The molecule has 2 saturated carbocycles. The molecular formula is C30H55F3N6O. The minimum Gasteiger partial charge on any atom is -0.402 e. The summed E-state index contributed by atoms with van der Waals surface area (Å²) in [5.41, 5.74) is 6.27. The number of hydrogen-bond donors (Lipinski definition) is 1. The molecule has 3 atom stereocenters. The van der Waals surface area contributed by atoms with Crippen LogP contribution in [0.5, 0.6) is 5.75 Å². The predicted molar refractivity (Wildman–Crippen MR) is 161 cm³/mol.